The van der Waals surface area contributed by atoms with Crippen LogP contribution in [0.15, 0.2) is 24.4 Å². The largest absolute Gasteiger partial charge is 0.374 e. The third-order valence-corrected chi connectivity index (χ3v) is 2.54. The molecule has 0 aromatic carbocycles. The predicted octanol–water partition coefficient (Wildman–Crippen LogP) is 0.445. The van der Waals surface area contributed by atoms with Crippen LogP contribution in [-0.4, -0.2) is 21.1 Å². The van der Waals surface area contributed by atoms with Crippen LogP contribution in [0.5, 0.6) is 0 Å². The lowest BCUT2D eigenvalue weighted by atomic mass is 10.3. The maximum Gasteiger partial charge on any atom is 0.282 e. The number of carbonyl (C=O) groups excluding carboxylic acids is 1. The van der Waals surface area contributed by atoms with E-state index in [2.05, 4.69) is 20.5 Å². The van der Waals surface area contributed by atoms with Gasteiger partial charge in [0.05, 0.1) is 12.2 Å². The molecule has 7 heteroatoms. The molecule has 6 nitrogen and oxygen atoms in total. The molecule has 0 bridgehead atoms. The van der Waals surface area contributed by atoms with E-state index in [1.54, 1.807) is 6.20 Å². The van der Waals surface area contributed by atoms with Gasteiger partial charge >= 0.3 is 0 Å². The Morgan fingerprint density at radius 2 is 2.31 bits per heavy atom. The zero-order valence-corrected chi connectivity index (χ0v) is 9.07. The number of rotatable bonds is 3. The summed E-state index contributed by atoms with van der Waals surface area (Å²) in [7, 11) is 0. The minimum absolute atomic E-state index is 0.258. The van der Waals surface area contributed by atoms with Gasteiger partial charge in [0, 0.05) is 6.20 Å². The zero-order valence-electron chi connectivity index (χ0n) is 8.25. The summed E-state index contributed by atoms with van der Waals surface area (Å²) in [6.07, 6.45) is 1.67. The van der Waals surface area contributed by atoms with E-state index in [0.717, 1.165) is 17.0 Å². The first kappa shape index (κ1) is 10.5. The summed E-state index contributed by atoms with van der Waals surface area (Å²) in [4.78, 5) is 15.6. The highest BCUT2D eigenvalue weighted by Gasteiger charge is 2.10. The number of anilines is 1. The van der Waals surface area contributed by atoms with E-state index in [1.165, 1.54) is 0 Å². The molecule has 16 heavy (non-hydrogen) atoms. The van der Waals surface area contributed by atoms with Crippen molar-refractivity contribution in [2.24, 2.45) is 0 Å². The Bertz CT molecular complexity index is 484. The van der Waals surface area contributed by atoms with E-state index >= 15 is 0 Å². The van der Waals surface area contributed by atoms with Gasteiger partial charge in [-0.25, -0.2) is 0 Å². The van der Waals surface area contributed by atoms with E-state index in [4.69, 9.17) is 5.73 Å². The summed E-state index contributed by atoms with van der Waals surface area (Å²) in [6.45, 7) is 0.360. The second kappa shape index (κ2) is 4.67. The van der Waals surface area contributed by atoms with Gasteiger partial charge in [0.1, 0.15) is 0 Å². The van der Waals surface area contributed by atoms with Gasteiger partial charge in [-0.1, -0.05) is 17.4 Å². The number of aromatic nitrogens is 3. The van der Waals surface area contributed by atoms with E-state index in [0.29, 0.717) is 6.54 Å². The molecule has 2 aromatic heterocycles. The highest BCUT2D eigenvalue weighted by molar-refractivity contribution is 7.16. The highest BCUT2D eigenvalue weighted by Crippen LogP contribution is 2.10. The van der Waals surface area contributed by atoms with Crippen molar-refractivity contribution in [1.29, 1.82) is 0 Å². The molecule has 0 unspecified atom stereocenters. The van der Waals surface area contributed by atoms with Gasteiger partial charge < -0.3 is 11.1 Å². The third-order valence-electron chi connectivity index (χ3n) is 1.79. The Morgan fingerprint density at radius 1 is 1.44 bits per heavy atom. The summed E-state index contributed by atoms with van der Waals surface area (Å²) in [5.41, 5.74) is 6.16. The number of nitrogen functional groups attached to an aromatic ring is 1. The standard InChI is InChI=1S/C9H9N5OS/c10-9-14-13-8(16-9)7(15)12-5-6-3-1-2-4-11-6/h1-4H,5H2,(H2,10,14)(H,12,15). The summed E-state index contributed by atoms with van der Waals surface area (Å²) in [6, 6.07) is 5.50. The van der Waals surface area contributed by atoms with Crippen molar-refractivity contribution in [3.8, 4) is 0 Å². The summed E-state index contributed by atoms with van der Waals surface area (Å²) in [5.74, 6) is -0.292. The summed E-state index contributed by atoms with van der Waals surface area (Å²) < 4.78 is 0. The minimum atomic E-state index is -0.292. The fourth-order valence-electron chi connectivity index (χ4n) is 1.08. The van der Waals surface area contributed by atoms with Crippen molar-refractivity contribution in [2.75, 3.05) is 5.73 Å². The number of nitrogens with one attached hydrogen (secondary N) is 1. The molecule has 1 amide bonds. The van der Waals surface area contributed by atoms with Crippen LogP contribution in [0.2, 0.25) is 0 Å². The topological polar surface area (TPSA) is 93.8 Å². The van der Waals surface area contributed by atoms with Crippen LogP contribution in [0, 0.1) is 0 Å². The lowest BCUT2D eigenvalue weighted by Gasteiger charge is -2.00. The van der Waals surface area contributed by atoms with Gasteiger partial charge in [-0.2, -0.15) is 0 Å². The Labute approximate surface area is 95.5 Å². The van der Waals surface area contributed by atoms with E-state index in [9.17, 15) is 4.79 Å². The quantitative estimate of drug-likeness (QED) is 0.805. The highest BCUT2D eigenvalue weighted by atomic mass is 32.1. The molecule has 0 spiro atoms. The van der Waals surface area contributed by atoms with Crippen LogP contribution in [0.4, 0.5) is 5.13 Å². The average molecular weight is 235 g/mol. The molecular formula is C9H9N5OS. The van der Waals surface area contributed by atoms with Gasteiger partial charge in [0.15, 0.2) is 0 Å². The number of nitrogens with zero attached hydrogens (tertiary/aromatic N) is 3. The molecule has 0 aliphatic rings. The number of hydrogen-bond acceptors (Lipinski definition) is 6. The van der Waals surface area contributed by atoms with Crippen LogP contribution in [-0.2, 0) is 6.54 Å². The number of amides is 1. The van der Waals surface area contributed by atoms with Crippen LogP contribution in [0.1, 0.15) is 15.5 Å². The molecule has 2 aromatic rings. The van der Waals surface area contributed by atoms with Crippen molar-refractivity contribution in [1.82, 2.24) is 20.5 Å². The monoisotopic (exact) mass is 235 g/mol. The lowest BCUT2D eigenvalue weighted by molar-refractivity contribution is 0.0949. The van der Waals surface area contributed by atoms with Gasteiger partial charge in [-0.3, -0.25) is 9.78 Å². The van der Waals surface area contributed by atoms with Crippen molar-refractivity contribution in [3.05, 3.63) is 35.1 Å². The van der Waals surface area contributed by atoms with Crippen LogP contribution >= 0.6 is 11.3 Å². The SMILES string of the molecule is Nc1nnc(C(=O)NCc2ccccn2)s1. The van der Waals surface area contributed by atoms with Crippen molar-refractivity contribution in [2.45, 2.75) is 6.54 Å². The molecule has 0 aliphatic heterocycles. The second-order valence-corrected chi connectivity index (χ2v) is 3.96. The molecular weight excluding hydrogens is 226 g/mol. The van der Waals surface area contributed by atoms with Crippen molar-refractivity contribution < 1.29 is 4.79 Å². The fourth-order valence-corrected chi connectivity index (χ4v) is 1.60. The summed E-state index contributed by atoms with van der Waals surface area (Å²) in [5, 5.41) is 10.4. The molecule has 0 fully saturated rings. The molecule has 3 N–H and O–H groups in total. The van der Waals surface area contributed by atoms with Crippen LogP contribution in [0.3, 0.4) is 0 Å². The molecule has 82 valence electrons. The number of hydrogen-bond donors (Lipinski definition) is 2. The van der Waals surface area contributed by atoms with Gasteiger partial charge in [0.2, 0.25) is 10.1 Å². The maximum atomic E-state index is 11.5. The molecule has 0 radical (unpaired) electrons. The fraction of sp³-hybridized carbons (Fsp3) is 0.111. The Balaban J connectivity index is 1.94. The van der Waals surface area contributed by atoms with Gasteiger partial charge in [-0.15, -0.1) is 10.2 Å². The molecule has 0 saturated carbocycles. The van der Waals surface area contributed by atoms with Crippen LogP contribution < -0.4 is 11.1 Å². The predicted molar refractivity (Wildman–Crippen MR) is 59.7 cm³/mol. The smallest absolute Gasteiger partial charge is 0.282 e. The molecule has 2 rings (SSSR count). The van der Waals surface area contributed by atoms with E-state index in [1.807, 2.05) is 18.2 Å². The van der Waals surface area contributed by atoms with Crippen molar-refractivity contribution >= 4 is 22.4 Å². The molecule has 0 aliphatic carbocycles. The second-order valence-electron chi connectivity index (χ2n) is 2.95. The first-order valence-electron chi connectivity index (χ1n) is 4.53. The normalized spacial score (nSPS) is 10.0. The average Bonchev–Trinajstić information content (AvgIpc) is 2.74. The Hall–Kier alpha value is -2.02. The first-order valence-corrected chi connectivity index (χ1v) is 5.34. The van der Waals surface area contributed by atoms with Gasteiger partial charge in [-0.05, 0) is 12.1 Å². The first-order chi connectivity index (χ1) is 7.75. The lowest BCUT2D eigenvalue weighted by Crippen LogP contribution is -2.23. The van der Waals surface area contributed by atoms with Gasteiger partial charge in [0.25, 0.3) is 5.91 Å². The Morgan fingerprint density at radius 3 is 2.94 bits per heavy atom. The zero-order chi connectivity index (χ0) is 11.4. The number of carbonyl (C=O) groups is 1. The van der Waals surface area contributed by atoms with Crippen molar-refractivity contribution in [3.63, 3.8) is 0 Å². The van der Waals surface area contributed by atoms with E-state index < -0.39 is 0 Å². The Kier molecular flexibility index (Phi) is 3.06. The third kappa shape index (κ3) is 2.51. The summed E-state index contributed by atoms with van der Waals surface area (Å²) >= 11 is 1.05. The minimum Gasteiger partial charge on any atom is -0.374 e. The maximum absolute atomic E-state index is 11.5. The molecule has 0 atom stereocenters. The number of pyridine rings is 1. The molecule has 0 saturated heterocycles. The number of nitrogens with two attached hydrogens (primary N) is 1. The van der Waals surface area contributed by atoms with Crippen LogP contribution in [0.25, 0.3) is 0 Å². The van der Waals surface area contributed by atoms with E-state index in [-0.39, 0.29) is 16.0 Å². The molecule has 2 heterocycles.